The molecule has 1 N–H and O–H groups in total. The SMILES string of the molecule is CN1CCCC(CNC2CC2)C1c1ccc(F)c(C#N)c1. The lowest BCUT2D eigenvalue weighted by molar-refractivity contribution is 0.119. The van der Waals surface area contributed by atoms with Crippen LogP contribution in [0.2, 0.25) is 0 Å². The fourth-order valence-electron chi connectivity index (χ4n) is 3.42. The third-order valence-corrected chi connectivity index (χ3v) is 4.71. The zero-order valence-corrected chi connectivity index (χ0v) is 12.5. The molecule has 0 spiro atoms. The largest absolute Gasteiger partial charge is 0.314 e. The van der Waals surface area contributed by atoms with E-state index in [1.165, 1.54) is 31.7 Å². The summed E-state index contributed by atoms with van der Waals surface area (Å²) in [6.07, 6.45) is 4.98. The van der Waals surface area contributed by atoms with Crippen LogP contribution in [-0.2, 0) is 0 Å². The maximum atomic E-state index is 13.5. The molecular weight excluding hydrogens is 265 g/mol. The maximum absolute atomic E-state index is 13.5. The summed E-state index contributed by atoms with van der Waals surface area (Å²) in [5, 5.41) is 12.7. The van der Waals surface area contributed by atoms with Crippen LogP contribution in [0.5, 0.6) is 0 Å². The number of hydrogen-bond donors (Lipinski definition) is 1. The molecule has 1 saturated carbocycles. The van der Waals surface area contributed by atoms with Crippen molar-refractivity contribution in [3.8, 4) is 6.07 Å². The molecule has 0 radical (unpaired) electrons. The van der Waals surface area contributed by atoms with Crippen LogP contribution in [0.25, 0.3) is 0 Å². The number of hydrogen-bond acceptors (Lipinski definition) is 3. The summed E-state index contributed by atoms with van der Waals surface area (Å²) in [4.78, 5) is 2.34. The molecule has 2 fully saturated rings. The summed E-state index contributed by atoms with van der Waals surface area (Å²) in [5.41, 5.74) is 1.22. The summed E-state index contributed by atoms with van der Waals surface area (Å²) >= 11 is 0. The second-order valence-corrected chi connectivity index (χ2v) is 6.36. The minimum absolute atomic E-state index is 0.153. The first-order chi connectivity index (χ1) is 10.2. The monoisotopic (exact) mass is 287 g/mol. The van der Waals surface area contributed by atoms with Crippen molar-refractivity contribution in [2.45, 2.75) is 37.8 Å². The first-order valence-electron chi connectivity index (χ1n) is 7.82. The van der Waals surface area contributed by atoms with Gasteiger partial charge in [0.15, 0.2) is 0 Å². The average molecular weight is 287 g/mol. The van der Waals surface area contributed by atoms with Gasteiger partial charge in [-0.2, -0.15) is 5.26 Å². The molecule has 1 saturated heterocycles. The van der Waals surface area contributed by atoms with E-state index in [1.807, 2.05) is 12.1 Å². The molecule has 0 aromatic heterocycles. The third kappa shape index (κ3) is 3.25. The summed E-state index contributed by atoms with van der Waals surface area (Å²) < 4.78 is 13.5. The summed E-state index contributed by atoms with van der Waals surface area (Å²) in [5.74, 6) is 0.105. The van der Waals surface area contributed by atoms with Crippen LogP contribution in [0.15, 0.2) is 18.2 Å². The van der Waals surface area contributed by atoms with E-state index in [2.05, 4.69) is 17.3 Å². The molecule has 4 heteroatoms. The van der Waals surface area contributed by atoms with Gasteiger partial charge in [-0.05, 0) is 62.9 Å². The van der Waals surface area contributed by atoms with E-state index in [9.17, 15) is 4.39 Å². The molecule has 2 atom stereocenters. The highest BCUT2D eigenvalue weighted by Crippen LogP contribution is 2.35. The fraction of sp³-hybridized carbons (Fsp3) is 0.588. The number of piperidine rings is 1. The molecule has 1 heterocycles. The van der Waals surface area contributed by atoms with Gasteiger partial charge in [-0.25, -0.2) is 4.39 Å². The Morgan fingerprint density at radius 1 is 1.38 bits per heavy atom. The molecule has 1 aromatic rings. The minimum atomic E-state index is -0.424. The molecule has 1 aliphatic carbocycles. The van der Waals surface area contributed by atoms with Crippen molar-refractivity contribution in [3.05, 3.63) is 35.1 Å². The van der Waals surface area contributed by atoms with Gasteiger partial charge in [0, 0.05) is 18.6 Å². The van der Waals surface area contributed by atoms with E-state index in [1.54, 1.807) is 6.07 Å². The predicted octanol–water partition coefficient (Wildman–Crippen LogP) is 2.83. The number of nitrogens with zero attached hydrogens (tertiary/aromatic N) is 2. The van der Waals surface area contributed by atoms with E-state index in [0.717, 1.165) is 18.7 Å². The molecule has 21 heavy (non-hydrogen) atoms. The number of likely N-dealkylation sites (tertiary alicyclic amines) is 1. The van der Waals surface area contributed by atoms with Crippen LogP contribution in [0.4, 0.5) is 4.39 Å². The van der Waals surface area contributed by atoms with E-state index in [-0.39, 0.29) is 11.6 Å². The molecule has 3 rings (SSSR count). The average Bonchev–Trinajstić information content (AvgIpc) is 3.30. The van der Waals surface area contributed by atoms with Crippen LogP contribution in [0.3, 0.4) is 0 Å². The van der Waals surface area contributed by atoms with Crippen LogP contribution in [0.1, 0.15) is 42.9 Å². The smallest absolute Gasteiger partial charge is 0.140 e. The molecule has 1 aliphatic heterocycles. The molecule has 2 aliphatic rings. The molecule has 1 aromatic carbocycles. The standard InChI is InChI=1S/C17H22FN3/c1-21-8-2-3-13(11-20-15-5-6-15)17(21)12-4-7-16(18)14(9-12)10-19/h4,7,9,13,15,17,20H,2-3,5-6,8,11H2,1H3. The van der Waals surface area contributed by atoms with Crippen LogP contribution in [-0.4, -0.2) is 31.1 Å². The van der Waals surface area contributed by atoms with Gasteiger partial charge in [-0.15, -0.1) is 0 Å². The van der Waals surface area contributed by atoms with Gasteiger partial charge < -0.3 is 5.32 Å². The Kier molecular flexibility index (Phi) is 4.23. The van der Waals surface area contributed by atoms with Crippen molar-refractivity contribution in [2.24, 2.45) is 5.92 Å². The Morgan fingerprint density at radius 2 is 2.19 bits per heavy atom. The third-order valence-electron chi connectivity index (χ3n) is 4.71. The highest BCUT2D eigenvalue weighted by atomic mass is 19.1. The van der Waals surface area contributed by atoms with Gasteiger partial charge >= 0.3 is 0 Å². The normalized spacial score (nSPS) is 26.5. The van der Waals surface area contributed by atoms with Crippen molar-refractivity contribution in [1.82, 2.24) is 10.2 Å². The Labute approximate surface area is 125 Å². The fourth-order valence-corrected chi connectivity index (χ4v) is 3.42. The van der Waals surface area contributed by atoms with E-state index >= 15 is 0 Å². The molecular formula is C17H22FN3. The van der Waals surface area contributed by atoms with Crippen LogP contribution < -0.4 is 5.32 Å². The first-order valence-corrected chi connectivity index (χ1v) is 7.82. The zero-order chi connectivity index (χ0) is 14.8. The van der Waals surface area contributed by atoms with Crippen molar-refractivity contribution in [2.75, 3.05) is 20.1 Å². The number of rotatable bonds is 4. The number of nitriles is 1. The Morgan fingerprint density at radius 3 is 2.90 bits per heavy atom. The molecule has 2 unspecified atom stereocenters. The molecule has 112 valence electrons. The summed E-state index contributed by atoms with van der Waals surface area (Å²) in [6, 6.07) is 7.94. The molecule has 0 bridgehead atoms. The number of nitrogens with one attached hydrogen (secondary N) is 1. The van der Waals surface area contributed by atoms with Crippen molar-refractivity contribution in [3.63, 3.8) is 0 Å². The molecule has 0 amide bonds. The highest BCUT2D eigenvalue weighted by molar-refractivity contribution is 5.36. The van der Waals surface area contributed by atoms with Crippen LogP contribution >= 0.6 is 0 Å². The van der Waals surface area contributed by atoms with Crippen molar-refractivity contribution in [1.29, 1.82) is 5.26 Å². The van der Waals surface area contributed by atoms with Crippen LogP contribution in [0, 0.1) is 23.1 Å². The Balaban J connectivity index is 1.81. The minimum Gasteiger partial charge on any atom is -0.314 e. The summed E-state index contributed by atoms with van der Waals surface area (Å²) in [7, 11) is 2.13. The lowest BCUT2D eigenvalue weighted by atomic mass is 9.84. The lowest BCUT2D eigenvalue weighted by Gasteiger charge is -2.40. The van der Waals surface area contributed by atoms with E-state index in [0.29, 0.717) is 12.0 Å². The van der Waals surface area contributed by atoms with Crippen molar-refractivity contribution >= 4 is 0 Å². The van der Waals surface area contributed by atoms with Gasteiger partial charge in [0.1, 0.15) is 11.9 Å². The molecule has 3 nitrogen and oxygen atoms in total. The lowest BCUT2D eigenvalue weighted by Crippen LogP contribution is -2.41. The van der Waals surface area contributed by atoms with Gasteiger partial charge in [0.05, 0.1) is 5.56 Å². The Hall–Kier alpha value is -1.44. The van der Waals surface area contributed by atoms with Gasteiger partial charge in [-0.1, -0.05) is 6.07 Å². The van der Waals surface area contributed by atoms with E-state index in [4.69, 9.17) is 5.26 Å². The highest BCUT2D eigenvalue weighted by Gasteiger charge is 2.32. The number of halogens is 1. The Bertz CT molecular complexity index is 547. The first kappa shape index (κ1) is 14.5. The maximum Gasteiger partial charge on any atom is 0.140 e. The summed E-state index contributed by atoms with van der Waals surface area (Å²) in [6.45, 7) is 2.07. The van der Waals surface area contributed by atoms with Crippen molar-refractivity contribution < 1.29 is 4.39 Å². The topological polar surface area (TPSA) is 39.1 Å². The van der Waals surface area contributed by atoms with Gasteiger partial charge in [0.2, 0.25) is 0 Å². The quantitative estimate of drug-likeness (QED) is 0.925. The van der Waals surface area contributed by atoms with Gasteiger partial charge in [-0.3, -0.25) is 4.90 Å². The second kappa shape index (κ2) is 6.13. The zero-order valence-electron chi connectivity index (χ0n) is 12.5. The van der Waals surface area contributed by atoms with Gasteiger partial charge in [0.25, 0.3) is 0 Å². The van der Waals surface area contributed by atoms with E-state index < -0.39 is 5.82 Å². The second-order valence-electron chi connectivity index (χ2n) is 6.36. The number of benzene rings is 1. The predicted molar refractivity (Wildman–Crippen MR) is 80.2 cm³/mol.